The van der Waals surface area contributed by atoms with Crippen LogP contribution in [0.5, 0.6) is 5.75 Å². The van der Waals surface area contributed by atoms with E-state index in [0.717, 1.165) is 37.6 Å². The minimum Gasteiger partial charge on any atom is -0.492 e. The van der Waals surface area contributed by atoms with E-state index in [-0.39, 0.29) is 11.8 Å². The van der Waals surface area contributed by atoms with E-state index >= 15 is 0 Å². The van der Waals surface area contributed by atoms with Gasteiger partial charge >= 0.3 is 0 Å². The van der Waals surface area contributed by atoms with Gasteiger partial charge in [-0.3, -0.25) is 9.59 Å². The molecule has 2 amide bonds. The first-order valence-corrected chi connectivity index (χ1v) is 10.2. The molecule has 0 radical (unpaired) electrons. The Kier molecular flexibility index (Phi) is 7.30. The second-order valence-electron chi connectivity index (χ2n) is 7.51. The third-order valence-electron chi connectivity index (χ3n) is 5.16. The minimum absolute atomic E-state index is 0.103. The maximum absolute atomic E-state index is 12.5. The Morgan fingerprint density at radius 1 is 1.03 bits per heavy atom. The van der Waals surface area contributed by atoms with Crippen molar-refractivity contribution >= 4 is 28.9 Å². The van der Waals surface area contributed by atoms with E-state index in [0.29, 0.717) is 24.5 Å². The fourth-order valence-electron chi connectivity index (χ4n) is 3.52. The number of nitrogens with one attached hydrogen (secondary N) is 1. The quantitative estimate of drug-likeness (QED) is 0.760. The molecule has 0 aromatic heterocycles. The van der Waals surface area contributed by atoms with Crippen LogP contribution in [0.4, 0.5) is 17.1 Å². The third-order valence-corrected chi connectivity index (χ3v) is 5.16. The summed E-state index contributed by atoms with van der Waals surface area (Å²) in [6.45, 7) is 7.55. The van der Waals surface area contributed by atoms with Crippen molar-refractivity contribution in [3.05, 3.63) is 48.5 Å². The van der Waals surface area contributed by atoms with Crippen molar-refractivity contribution in [1.29, 1.82) is 0 Å². The average Bonchev–Trinajstić information content (AvgIpc) is 2.72. The number of amides is 2. The van der Waals surface area contributed by atoms with Crippen LogP contribution < -0.4 is 19.9 Å². The highest BCUT2D eigenvalue weighted by molar-refractivity contribution is 6.00. The van der Waals surface area contributed by atoms with E-state index in [1.807, 2.05) is 48.5 Å². The molecule has 160 valence electrons. The first kappa shape index (κ1) is 21.6. The lowest BCUT2D eigenvalue weighted by atomic mass is 10.1. The summed E-state index contributed by atoms with van der Waals surface area (Å²) in [5.41, 5.74) is 2.35. The number of rotatable bonds is 7. The molecule has 1 aliphatic rings. The highest BCUT2D eigenvalue weighted by Gasteiger charge is 2.20. The zero-order valence-corrected chi connectivity index (χ0v) is 17.9. The molecule has 7 heteroatoms. The number of likely N-dealkylation sites (N-methyl/N-ethyl adjacent to an activating group) is 1. The van der Waals surface area contributed by atoms with Crippen molar-refractivity contribution in [2.24, 2.45) is 0 Å². The average molecular weight is 411 g/mol. The van der Waals surface area contributed by atoms with Crippen molar-refractivity contribution in [3.63, 3.8) is 0 Å². The van der Waals surface area contributed by atoms with Crippen molar-refractivity contribution in [2.45, 2.75) is 13.8 Å². The number of nitrogens with zero attached hydrogens (tertiary/aromatic N) is 3. The highest BCUT2D eigenvalue weighted by Crippen LogP contribution is 2.32. The summed E-state index contributed by atoms with van der Waals surface area (Å²) >= 11 is 0. The maximum atomic E-state index is 12.5. The number of piperazine rings is 1. The van der Waals surface area contributed by atoms with Crippen LogP contribution in [0.1, 0.15) is 13.8 Å². The molecule has 0 spiro atoms. The first-order valence-electron chi connectivity index (χ1n) is 10.2. The van der Waals surface area contributed by atoms with Gasteiger partial charge in [0.1, 0.15) is 12.4 Å². The van der Waals surface area contributed by atoms with Gasteiger partial charge in [-0.15, -0.1) is 0 Å². The fraction of sp³-hybridized carbons (Fsp3) is 0.391. The van der Waals surface area contributed by atoms with Crippen LogP contribution >= 0.6 is 0 Å². The van der Waals surface area contributed by atoms with Gasteiger partial charge in [0, 0.05) is 45.7 Å². The molecule has 0 aliphatic carbocycles. The molecule has 0 bridgehead atoms. The monoisotopic (exact) mass is 410 g/mol. The fourth-order valence-corrected chi connectivity index (χ4v) is 3.52. The zero-order valence-electron chi connectivity index (χ0n) is 17.9. The summed E-state index contributed by atoms with van der Waals surface area (Å²) in [6, 6.07) is 15.4. The van der Waals surface area contributed by atoms with Gasteiger partial charge in [-0.05, 0) is 37.4 Å². The molecule has 1 fully saturated rings. The Labute approximate surface area is 178 Å². The van der Waals surface area contributed by atoms with Crippen molar-refractivity contribution in [2.75, 3.05) is 61.5 Å². The molecule has 3 rings (SSSR count). The molecule has 0 saturated carbocycles. The number of carbonyl (C=O) groups excluding carboxylic acids is 2. The number of ether oxygens (including phenoxy) is 1. The predicted molar refractivity (Wildman–Crippen MR) is 120 cm³/mol. The number of hydrogen-bond acceptors (Lipinski definition) is 5. The van der Waals surface area contributed by atoms with Crippen molar-refractivity contribution in [1.82, 2.24) is 4.90 Å². The molecule has 30 heavy (non-hydrogen) atoms. The van der Waals surface area contributed by atoms with E-state index in [1.54, 1.807) is 4.90 Å². The van der Waals surface area contributed by atoms with Gasteiger partial charge in [0.2, 0.25) is 11.8 Å². The van der Waals surface area contributed by atoms with E-state index in [4.69, 9.17) is 4.74 Å². The molecular formula is C23H30N4O3. The van der Waals surface area contributed by atoms with E-state index < -0.39 is 0 Å². The number of benzene rings is 2. The third kappa shape index (κ3) is 5.73. The summed E-state index contributed by atoms with van der Waals surface area (Å²) in [6.07, 6.45) is 0. The summed E-state index contributed by atoms with van der Waals surface area (Å²) in [4.78, 5) is 30.5. The van der Waals surface area contributed by atoms with Gasteiger partial charge < -0.3 is 24.8 Å². The van der Waals surface area contributed by atoms with Crippen LogP contribution in [0.2, 0.25) is 0 Å². The van der Waals surface area contributed by atoms with Crippen LogP contribution in [0.25, 0.3) is 0 Å². The largest absolute Gasteiger partial charge is 0.492 e. The molecule has 1 aliphatic heterocycles. The van der Waals surface area contributed by atoms with Crippen LogP contribution in [-0.2, 0) is 9.59 Å². The Morgan fingerprint density at radius 2 is 1.73 bits per heavy atom. The smallest absolute Gasteiger partial charge is 0.224 e. The van der Waals surface area contributed by atoms with Crippen molar-refractivity contribution < 1.29 is 14.3 Å². The Bertz CT molecular complexity index is 864. The molecule has 1 N–H and O–H groups in total. The van der Waals surface area contributed by atoms with Gasteiger partial charge in [-0.2, -0.15) is 0 Å². The Morgan fingerprint density at radius 3 is 2.37 bits per heavy atom. The maximum Gasteiger partial charge on any atom is 0.224 e. The van der Waals surface area contributed by atoms with Gasteiger partial charge in [-0.25, -0.2) is 0 Å². The highest BCUT2D eigenvalue weighted by atomic mass is 16.5. The van der Waals surface area contributed by atoms with Crippen molar-refractivity contribution in [3.8, 4) is 5.75 Å². The molecule has 0 unspecified atom stereocenters. The second-order valence-corrected chi connectivity index (χ2v) is 7.51. The summed E-state index contributed by atoms with van der Waals surface area (Å²) in [5.74, 6) is 0.482. The first-order chi connectivity index (χ1) is 14.4. The predicted octanol–water partition coefficient (Wildman–Crippen LogP) is 2.83. The van der Waals surface area contributed by atoms with E-state index in [2.05, 4.69) is 22.2 Å². The number of carbonyl (C=O) groups is 2. The lowest BCUT2D eigenvalue weighted by Crippen LogP contribution is -2.44. The lowest BCUT2D eigenvalue weighted by Gasteiger charge is -2.35. The second kappa shape index (κ2) is 10.1. The molecule has 7 nitrogen and oxygen atoms in total. The molecular weight excluding hydrogens is 380 g/mol. The Hall–Kier alpha value is -3.06. The molecule has 2 aromatic rings. The van der Waals surface area contributed by atoms with Gasteiger partial charge in [-0.1, -0.05) is 18.2 Å². The van der Waals surface area contributed by atoms with Gasteiger partial charge in [0.15, 0.2) is 0 Å². The number of para-hydroxylation sites is 1. The molecule has 2 aromatic carbocycles. The summed E-state index contributed by atoms with van der Waals surface area (Å²) in [5, 5.41) is 2.85. The minimum atomic E-state index is -0.173. The van der Waals surface area contributed by atoms with Crippen LogP contribution in [0.3, 0.4) is 0 Å². The van der Waals surface area contributed by atoms with E-state index in [1.165, 1.54) is 13.8 Å². The SMILES string of the molecule is CC(=O)Nc1ccc(N2CCN(C)CC2)cc1N(CCOc1ccccc1)C(C)=O. The van der Waals surface area contributed by atoms with Crippen LogP contribution in [-0.4, -0.2) is 63.1 Å². The molecule has 1 heterocycles. The normalized spacial score (nSPS) is 14.3. The number of anilines is 3. The molecule has 1 saturated heterocycles. The van der Waals surface area contributed by atoms with Crippen LogP contribution in [0, 0.1) is 0 Å². The van der Waals surface area contributed by atoms with Gasteiger partial charge in [0.05, 0.1) is 17.9 Å². The lowest BCUT2D eigenvalue weighted by molar-refractivity contribution is -0.117. The molecule has 0 atom stereocenters. The van der Waals surface area contributed by atoms with Gasteiger partial charge in [0.25, 0.3) is 0 Å². The topological polar surface area (TPSA) is 65.1 Å². The van der Waals surface area contributed by atoms with E-state index in [9.17, 15) is 9.59 Å². The standard InChI is InChI=1S/C23H30N4O3/c1-18(28)24-22-10-9-20(26-13-11-25(3)12-14-26)17-23(22)27(19(2)29)15-16-30-21-7-5-4-6-8-21/h4-10,17H,11-16H2,1-3H3,(H,24,28). The summed E-state index contributed by atoms with van der Waals surface area (Å²) in [7, 11) is 2.12. The Balaban J connectivity index is 1.82. The van der Waals surface area contributed by atoms with Crippen LogP contribution in [0.15, 0.2) is 48.5 Å². The zero-order chi connectivity index (χ0) is 21.5. The number of hydrogen-bond donors (Lipinski definition) is 1. The summed E-state index contributed by atoms with van der Waals surface area (Å²) < 4.78 is 5.79.